The van der Waals surface area contributed by atoms with E-state index < -0.39 is 0 Å². The highest BCUT2D eigenvalue weighted by Gasteiger charge is 2.30. The number of aromatic nitrogens is 2. The van der Waals surface area contributed by atoms with Crippen LogP contribution in [0, 0.1) is 10.7 Å². The molecule has 0 amide bonds. The van der Waals surface area contributed by atoms with Gasteiger partial charge in [0.05, 0.1) is 0 Å². The van der Waals surface area contributed by atoms with Crippen LogP contribution in [0.5, 0.6) is 0 Å². The first-order valence-corrected chi connectivity index (χ1v) is 6.62. The molecule has 1 aromatic heterocycles. The number of hydrogen-bond donors (Lipinski definition) is 1. The van der Waals surface area contributed by atoms with Gasteiger partial charge in [0.1, 0.15) is 0 Å². The Morgan fingerprint density at radius 2 is 2.06 bits per heavy atom. The van der Waals surface area contributed by atoms with E-state index in [2.05, 4.69) is 43.4 Å². The molecule has 2 rings (SSSR count). The van der Waals surface area contributed by atoms with E-state index in [1.807, 2.05) is 0 Å². The Kier molecular flexibility index (Phi) is 2.99. The monoisotopic (exact) mass is 238 g/mol. The van der Waals surface area contributed by atoms with E-state index in [-0.39, 0.29) is 5.41 Å². The minimum atomic E-state index is 0.163. The SMILES string of the molecule is CC1CCCC1n1c(C(C)(C)C)c[nH]c1=S. The number of H-pyrrole nitrogens is 1. The van der Waals surface area contributed by atoms with E-state index in [1.165, 1.54) is 25.0 Å². The molecule has 1 heterocycles. The largest absolute Gasteiger partial charge is 0.337 e. The van der Waals surface area contributed by atoms with Crippen LogP contribution in [-0.2, 0) is 5.41 Å². The van der Waals surface area contributed by atoms with Gasteiger partial charge in [0, 0.05) is 23.3 Å². The second-order valence-electron chi connectivity index (χ2n) is 6.07. The zero-order chi connectivity index (χ0) is 11.9. The number of imidazole rings is 1. The van der Waals surface area contributed by atoms with E-state index in [1.54, 1.807) is 0 Å². The molecule has 2 atom stereocenters. The van der Waals surface area contributed by atoms with E-state index in [0.717, 1.165) is 10.7 Å². The molecule has 3 heteroatoms. The molecule has 0 radical (unpaired) electrons. The van der Waals surface area contributed by atoms with Gasteiger partial charge in [-0.25, -0.2) is 0 Å². The van der Waals surface area contributed by atoms with Crippen LogP contribution in [0.15, 0.2) is 6.20 Å². The molecule has 1 aromatic rings. The third-order valence-electron chi connectivity index (χ3n) is 3.73. The van der Waals surface area contributed by atoms with Crippen molar-refractivity contribution in [3.63, 3.8) is 0 Å². The highest BCUT2D eigenvalue weighted by Crippen LogP contribution is 2.38. The van der Waals surface area contributed by atoms with Gasteiger partial charge < -0.3 is 9.55 Å². The molecule has 0 aliphatic heterocycles. The van der Waals surface area contributed by atoms with Crippen molar-refractivity contribution < 1.29 is 0 Å². The molecule has 1 aliphatic rings. The van der Waals surface area contributed by atoms with Crippen LogP contribution in [0.1, 0.15) is 58.7 Å². The van der Waals surface area contributed by atoms with Gasteiger partial charge in [-0.2, -0.15) is 0 Å². The van der Waals surface area contributed by atoms with Gasteiger partial charge in [-0.3, -0.25) is 0 Å². The van der Waals surface area contributed by atoms with Crippen LogP contribution in [0.25, 0.3) is 0 Å². The number of nitrogens with zero attached hydrogens (tertiary/aromatic N) is 1. The Hall–Kier alpha value is -0.570. The van der Waals surface area contributed by atoms with Gasteiger partial charge in [-0.1, -0.05) is 34.1 Å². The highest BCUT2D eigenvalue weighted by atomic mass is 32.1. The predicted octanol–water partition coefficient (Wildman–Crippen LogP) is 4.20. The normalized spacial score (nSPS) is 26.2. The number of hydrogen-bond acceptors (Lipinski definition) is 1. The molecule has 1 fully saturated rings. The lowest BCUT2D eigenvalue weighted by molar-refractivity contribution is 0.373. The van der Waals surface area contributed by atoms with Crippen molar-refractivity contribution in [2.45, 2.75) is 58.4 Å². The van der Waals surface area contributed by atoms with Crippen molar-refractivity contribution in [2.24, 2.45) is 5.92 Å². The highest BCUT2D eigenvalue weighted by molar-refractivity contribution is 7.71. The van der Waals surface area contributed by atoms with Crippen molar-refractivity contribution in [2.75, 3.05) is 0 Å². The summed E-state index contributed by atoms with van der Waals surface area (Å²) < 4.78 is 3.26. The second-order valence-corrected chi connectivity index (χ2v) is 6.46. The van der Waals surface area contributed by atoms with Crippen LogP contribution < -0.4 is 0 Å². The van der Waals surface area contributed by atoms with Crippen molar-refractivity contribution in [3.8, 4) is 0 Å². The zero-order valence-corrected chi connectivity index (χ0v) is 11.5. The molecule has 0 saturated heterocycles. The summed E-state index contributed by atoms with van der Waals surface area (Å²) >= 11 is 5.44. The van der Waals surface area contributed by atoms with Crippen molar-refractivity contribution in [3.05, 3.63) is 16.7 Å². The molecule has 0 bridgehead atoms. The van der Waals surface area contributed by atoms with Crippen molar-refractivity contribution in [1.82, 2.24) is 9.55 Å². The van der Waals surface area contributed by atoms with Gasteiger partial charge in [0.2, 0.25) is 0 Å². The smallest absolute Gasteiger partial charge is 0.177 e. The molecule has 16 heavy (non-hydrogen) atoms. The fraction of sp³-hybridized carbons (Fsp3) is 0.769. The average molecular weight is 238 g/mol. The second kappa shape index (κ2) is 4.02. The summed E-state index contributed by atoms with van der Waals surface area (Å²) in [5, 5.41) is 0. The minimum absolute atomic E-state index is 0.163. The maximum atomic E-state index is 5.44. The van der Waals surface area contributed by atoms with Crippen LogP contribution in [-0.4, -0.2) is 9.55 Å². The van der Waals surface area contributed by atoms with Crippen molar-refractivity contribution in [1.29, 1.82) is 0 Å². The number of rotatable bonds is 1. The predicted molar refractivity (Wildman–Crippen MR) is 70.4 cm³/mol. The van der Waals surface area contributed by atoms with Gasteiger partial charge in [0.15, 0.2) is 4.77 Å². The topological polar surface area (TPSA) is 20.7 Å². The number of aromatic amines is 1. The summed E-state index contributed by atoms with van der Waals surface area (Å²) in [6, 6.07) is 0.605. The third-order valence-corrected chi connectivity index (χ3v) is 4.04. The van der Waals surface area contributed by atoms with Crippen molar-refractivity contribution >= 4 is 12.2 Å². The Balaban J connectivity index is 2.47. The fourth-order valence-corrected chi connectivity index (χ4v) is 3.09. The molecule has 90 valence electrons. The van der Waals surface area contributed by atoms with Crippen LogP contribution in [0.2, 0.25) is 0 Å². The minimum Gasteiger partial charge on any atom is -0.337 e. The maximum Gasteiger partial charge on any atom is 0.177 e. The lowest BCUT2D eigenvalue weighted by atomic mass is 9.91. The van der Waals surface area contributed by atoms with E-state index >= 15 is 0 Å². The Bertz CT molecular complexity index is 422. The zero-order valence-electron chi connectivity index (χ0n) is 10.7. The summed E-state index contributed by atoms with van der Waals surface area (Å²) in [5.74, 6) is 0.753. The summed E-state index contributed by atoms with van der Waals surface area (Å²) in [6.07, 6.45) is 6.04. The molecular formula is C13H22N2S. The maximum absolute atomic E-state index is 5.44. The molecule has 2 nitrogen and oxygen atoms in total. The first-order valence-electron chi connectivity index (χ1n) is 6.21. The Morgan fingerprint density at radius 1 is 1.38 bits per heavy atom. The first kappa shape index (κ1) is 11.9. The molecule has 0 aromatic carbocycles. The average Bonchev–Trinajstić information content (AvgIpc) is 2.70. The fourth-order valence-electron chi connectivity index (χ4n) is 2.80. The van der Waals surface area contributed by atoms with Crippen LogP contribution in [0.3, 0.4) is 0 Å². The van der Waals surface area contributed by atoms with Gasteiger partial charge in [-0.05, 0) is 31.0 Å². The third kappa shape index (κ3) is 1.97. The first-order chi connectivity index (χ1) is 7.41. The Labute approximate surface area is 103 Å². The summed E-state index contributed by atoms with van der Waals surface area (Å²) in [4.78, 5) is 3.22. The van der Waals surface area contributed by atoms with Crippen LogP contribution >= 0.6 is 12.2 Å². The lowest BCUT2D eigenvalue weighted by Gasteiger charge is -2.26. The van der Waals surface area contributed by atoms with Gasteiger partial charge in [0.25, 0.3) is 0 Å². The summed E-state index contributed by atoms with van der Waals surface area (Å²) in [7, 11) is 0. The van der Waals surface area contributed by atoms with E-state index in [9.17, 15) is 0 Å². The number of nitrogens with one attached hydrogen (secondary N) is 1. The molecule has 1 N–H and O–H groups in total. The molecule has 1 aliphatic carbocycles. The Morgan fingerprint density at radius 3 is 2.56 bits per heavy atom. The molecular weight excluding hydrogens is 216 g/mol. The molecule has 1 saturated carbocycles. The van der Waals surface area contributed by atoms with Gasteiger partial charge >= 0.3 is 0 Å². The standard InChI is InChI=1S/C13H22N2S/c1-9-6-5-7-10(9)15-11(13(2,3)4)8-14-12(15)16/h8-10H,5-7H2,1-4H3,(H,14,16). The summed E-state index contributed by atoms with van der Waals surface area (Å²) in [5.41, 5.74) is 1.51. The quantitative estimate of drug-likeness (QED) is 0.727. The molecule has 2 unspecified atom stereocenters. The van der Waals surface area contributed by atoms with E-state index in [4.69, 9.17) is 12.2 Å². The van der Waals surface area contributed by atoms with Gasteiger partial charge in [-0.15, -0.1) is 0 Å². The van der Waals surface area contributed by atoms with Crippen LogP contribution in [0.4, 0.5) is 0 Å². The lowest BCUT2D eigenvalue weighted by Crippen LogP contribution is -2.22. The van der Waals surface area contributed by atoms with E-state index in [0.29, 0.717) is 6.04 Å². The molecule has 0 spiro atoms. The summed E-state index contributed by atoms with van der Waals surface area (Å²) in [6.45, 7) is 9.10.